The molecule has 2 fully saturated rings. The molecule has 13 heteroatoms. The summed E-state index contributed by atoms with van der Waals surface area (Å²) in [4.78, 5) is 31.5. The van der Waals surface area contributed by atoms with Gasteiger partial charge in [-0.05, 0) is 24.8 Å². The predicted octanol–water partition coefficient (Wildman–Crippen LogP) is 5.82. The van der Waals surface area contributed by atoms with E-state index in [1.165, 1.54) is 12.4 Å². The molecule has 222 valence electrons. The van der Waals surface area contributed by atoms with Crippen LogP contribution in [-0.4, -0.2) is 67.2 Å². The van der Waals surface area contributed by atoms with Crippen LogP contribution in [0.15, 0.2) is 49.3 Å². The number of methoxy groups -OCH3 is 1. The van der Waals surface area contributed by atoms with E-state index in [2.05, 4.69) is 43.9 Å². The molecule has 2 aliphatic rings. The number of anilines is 5. The molecule has 1 amide bonds. The fraction of sp³-hybridized carbons (Fsp3) is 0.345. The molecule has 1 atom stereocenters. The first-order valence-corrected chi connectivity index (χ1v) is 14.4. The Hall–Kier alpha value is -3.64. The number of piperazine rings is 1. The summed E-state index contributed by atoms with van der Waals surface area (Å²) in [6, 6.07) is 8.09. The molecule has 0 radical (unpaired) electrons. The van der Waals surface area contributed by atoms with Crippen molar-refractivity contribution in [1.82, 2.24) is 14.9 Å². The maximum absolute atomic E-state index is 15.0. The molecule has 1 unspecified atom stereocenters. The zero-order valence-corrected chi connectivity index (χ0v) is 24.9. The van der Waals surface area contributed by atoms with Crippen LogP contribution >= 0.6 is 23.2 Å². The Balaban J connectivity index is 1.44. The molecule has 3 heterocycles. The predicted molar refractivity (Wildman–Crippen MR) is 164 cm³/mol. The van der Waals surface area contributed by atoms with E-state index in [4.69, 9.17) is 32.8 Å². The molecule has 0 spiro atoms. The Morgan fingerprint density at radius 3 is 2.69 bits per heavy atom. The van der Waals surface area contributed by atoms with Gasteiger partial charge in [-0.25, -0.2) is 19.4 Å². The number of amides is 1. The summed E-state index contributed by atoms with van der Waals surface area (Å²) in [5.41, 5.74) is 2.39. The molecule has 3 aromatic rings. The van der Waals surface area contributed by atoms with Crippen LogP contribution in [0.4, 0.5) is 33.1 Å². The van der Waals surface area contributed by atoms with E-state index >= 15 is 4.39 Å². The molecule has 0 bridgehead atoms. The van der Waals surface area contributed by atoms with E-state index in [0.29, 0.717) is 47.4 Å². The smallest absolute Gasteiger partial charge is 0.247 e. The van der Waals surface area contributed by atoms with Crippen molar-refractivity contribution in [3.05, 3.63) is 70.7 Å². The fourth-order valence-electron chi connectivity index (χ4n) is 5.14. The molecular weight excluding hydrogens is 584 g/mol. The number of carbonyl (C=O) groups excluding carboxylic acids is 1. The minimum atomic E-state index is -0.591. The van der Waals surface area contributed by atoms with Gasteiger partial charge < -0.3 is 25.2 Å². The average Bonchev–Trinajstić information content (AvgIpc) is 3.50. The van der Waals surface area contributed by atoms with Gasteiger partial charge in [-0.15, -0.1) is 0 Å². The minimum Gasteiger partial charge on any atom is -0.494 e. The van der Waals surface area contributed by atoms with Crippen LogP contribution in [0.2, 0.25) is 10.0 Å². The standard InChI is InChI=1S/C29H32Cl2FN7O3/c1-4-27(40)36-20-14-21(24(41-3)15-23(20)38-11-9-37(5-2)10-12-38)35-25-16-26(34-17-33-25)39-22(8-13-42-39)18-6-7-19(30)28(31)29(18)32/h4,6-7,14-17,22H,1,5,8-13H2,2-3H3,(H,36,40)(H,33,34,35). The molecule has 2 saturated heterocycles. The number of hydrogen-bond acceptors (Lipinski definition) is 9. The Morgan fingerprint density at radius 2 is 1.98 bits per heavy atom. The van der Waals surface area contributed by atoms with Gasteiger partial charge in [-0.3, -0.25) is 9.63 Å². The number of likely N-dealkylation sites (N-methyl/N-ethyl adjacent to an activating group) is 1. The Labute approximate surface area is 254 Å². The Kier molecular flexibility index (Phi) is 9.32. The van der Waals surface area contributed by atoms with Crippen LogP contribution in [0, 0.1) is 5.82 Å². The zero-order chi connectivity index (χ0) is 29.8. The maximum atomic E-state index is 15.0. The number of ether oxygens (including phenoxy) is 1. The van der Waals surface area contributed by atoms with Gasteiger partial charge in [0.1, 0.15) is 23.7 Å². The molecule has 2 N–H and O–H groups in total. The van der Waals surface area contributed by atoms with E-state index in [1.807, 2.05) is 12.1 Å². The summed E-state index contributed by atoms with van der Waals surface area (Å²) in [5.74, 6) is 0.508. The fourth-order valence-corrected chi connectivity index (χ4v) is 5.45. The highest BCUT2D eigenvalue weighted by atomic mass is 35.5. The van der Waals surface area contributed by atoms with E-state index in [0.717, 1.165) is 38.4 Å². The van der Waals surface area contributed by atoms with E-state index in [9.17, 15) is 4.79 Å². The van der Waals surface area contributed by atoms with Crippen LogP contribution < -0.4 is 25.3 Å². The highest BCUT2D eigenvalue weighted by Gasteiger charge is 2.32. The third-order valence-corrected chi connectivity index (χ3v) is 8.17. The number of nitrogens with one attached hydrogen (secondary N) is 2. The molecule has 42 heavy (non-hydrogen) atoms. The van der Waals surface area contributed by atoms with Gasteiger partial charge in [0.25, 0.3) is 0 Å². The molecule has 0 aliphatic carbocycles. The number of benzene rings is 2. The average molecular weight is 617 g/mol. The SMILES string of the molecule is C=CC(=O)Nc1cc(Nc2cc(N3OCCC3c3ccc(Cl)c(Cl)c3F)ncn2)c(OC)cc1N1CCN(CC)CC1. The van der Waals surface area contributed by atoms with Gasteiger partial charge in [0.05, 0.1) is 46.9 Å². The number of hydrogen-bond donors (Lipinski definition) is 2. The Bertz CT molecular complexity index is 1470. The summed E-state index contributed by atoms with van der Waals surface area (Å²) in [5, 5.41) is 7.76. The highest BCUT2D eigenvalue weighted by molar-refractivity contribution is 6.42. The second-order valence-electron chi connectivity index (χ2n) is 9.80. The number of carbonyl (C=O) groups is 1. The first-order chi connectivity index (χ1) is 20.3. The van der Waals surface area contributed by atoms with Crippen molar-refractivity contribution in [2.75, 3.05) is 67.0 Å². The van der Waals surface area contributed by atoms with Crippen LogP contribution in [0.3, 0.4) is 0 Å². The van der Waals surface area contributed by atoms with Crippen LogP contribution in [0.1, 0.15) is 24.9 Å². The molecule has 5 rings (SSSR count). The van der Waals surface area contributed by atoms with Gasteiger partial charge >= 0.3 is 0 Å². The lowest BCUT2D eigenvalue weighted by Gasteiger charge is -2.36. The van der Waals surface area contributed by atoms with Gasteiger partial charge in [0.2, 0.25) is 5.91 Å². The molecular formula is C29H32Cl2FN7O3. The second-order valence-corrected chi connectivity index (χ2v) is 10.6. The van der Waals surface area contributed by atoms with Crippen molar-refractivity contribution in [2.24, 2.45) is 0 Å². The van der Waals surface area contributed by atoms with Crippen molar-refractivity contribution < 1.29 is 18.8 Å². The van der Waals surface area contributed by atoms with Crippen LogP contribution in [0.5, 0.6) is 5.75 Å². The van der Waals surface area contributed by atoms with Gasteiger partial charge in [0.15, 0.2) is 5.82 Å². The second kappa shape index (κ2) is 13.1. The monoisotopic (exact) mass is 615 g/mol. The largest absolute Gasteiger partial charge is 0.494 e. The maximum Gasteiger partial charge on any atom is 0.247 e. The summed E-state index contributed by atoms with van der Waals surface area (Å²) in [7, 11) is 1.58. The van der Waals surface area contributed by atoms with Crippen molar-refractivity contribution in [2.45, 2.75) is 19.4 Å². The number of nitrogens with zero attached hydrogens (tertiary/aromatic N) is 5. The van der Waals surface area contributed by atoms with E-state index < -0.39 is 11.9 Å². The van der Waals surface area contributed by atoms with E-state index in [-0.39, 0.29) is 16.0 Å². The van der Waals surface area contributed by atoms with Gasteiger partial charge in [0, 0.05) is 50.3 Å². The first-order valence-electron chi connectivity index (χ1n) is 13.6. The molecule has 10 nitrogen and oxygen atoms in total. The van der Waals surface area contributed by atoms with Crippen molar-refractivity contribution in [3.8, 4) is 5.75 Å². The van der Waals surface area contributed by atoms with Gasteiger partial charge in [-0.1, -0.05) is 42.8 Å². The summed E-state index contributed by atoms with van der Waals surface area (Å²) in [6.45, 7) is 10.6. The van der Waals surface area contributed by atoms with Crippen molar-refractivity contribution >= 4 is 57.8 Å². The van der Waals surface area contributed by atoms with Crippen molar-refractivity contribution in [3.63, 3.8) is 0 Å². The summed E-state index contributed by atoms with van der Waals surface area (Å²) < 4.78 is 20.8. The molecule has 2 aliphatic heterocycles. The third kappa shape index (κ3) is 6.24. The summed E-state index contributed by atoms with van der Waals surface area (Å²) in [6.07, 6.45) is 3.14. The van der Waals surface area contributed by atoms with Gasteiger partial charge in [-0.2, -0.15) is 0 Å². The highest BCUT2D eigenvalue weighted by Crippen LogP contribution is 2.41. The van der Waals surface area contributed by atoms with E-state index in [1.54, 1.807) is 30.4 Å². The molecule has 2 aromatic carbocycles. The zero-order valence-electron chi connectivity index (χ0n) is 23.4. The van der Waals surface area contributed by atoms with Crippen LogP contribution in [0.25, 0.3) is 0 Å². The minimum absolute atomic E-state index is 0.131. The number of hydroxylamine groups is 1. The molecule has 1 aromatic heterocycles. The topological polar surface area (TPSA) is 95.1 Å². The lowest BCUT2D eigenvalue weighted by Crippen LogP contribution is -2.46. The number of halogens is 3. The lowest BCUT2D eigenvalue weighted by molar-refractivity contribution is -0.111. The molecule has 0 saturated carbocycles. The quantitative estimate of drug-likeness (QED) is 0.228. The number of rotatable bonds is 9. The van der Waals surface area contributed by atoms with Crippen molar-refractivity contribution in [1.29, 1.82) is 0 Å². The number of aromatic nitrogens is 2. The summed E-state index contributed by atoms with van der Waals surface area (Å²) >= 11 is 12.1. The lowest BCUT2D eigenvalue weighted by atomic mass is 10.0. The van der Waals surface area contributed by atoms with Crippen LogP contribution in [-0.2, 0) is 9.63 Å². The Morgan fingerprint density at radius 1 is 1.19 bits per heavy atom. The normalized spacial score (nSPS) is 17.3. The third-order valence-electron chi connectivity index (χ3n) is 7.39. The first kappa shape index (κ1) is 29.8.